The molecule has 1 aromatic rings. The molecule has 0 radical (unpaired) electrons. The van der Waals surface area contributed by atoms with Crippen molar-refractivity contribution < 1.29 is 19.4 Å². The van der Waals surface area contributed by atoms with Crippen molar-refractivity contribution in [2.24, 2.45) is 5.41 Å². The highest BCUT2D eigenvalue weighted by molar-refractivity contribution is 5.85. The van der Waals surface area contributed by atoms with Crippen molar-refractivity contribution in [2.45, 2.75) is 62.1 Å². The van der Waals surface area contributed by atoms with Crippen LogP contribution in [0.5, 0.6) is 5.75 Å². The maximum Gasteiger partial charge on any atom is 0.340 e. The summed E-state index contributed by atoms with van der Waals surface area (Å²) < 4.78 is 10.7. The van der Waals surface area contributed by atoms with Gasteiger partial charge in [-0.1, -0.05) is 13.0 Å². The summed E-state index contributed by atoms with van der Waals surface area (Å²) in [5, 5.41) is 12.1. The van der Waals surface area contributed by atoms with Gasteiger partial charge in [0, 0.05) is 30.3 Å². The fourth-order valence-corrected chi connectivity index (χ4v) is 7.81. The fourth-order valence-electron chi connectivity index (χ4n) is 7.81. The predicted molar refractivity (Wildman–Crippen MR) is 110 cm³/mol. The molecular weight excluding hydrogens is 368 g/mol. The Kier molecular flexibility index (Phi) is 4.04. The minimum atomic E-state index is -1.53. The second kappa shape index (κ2) is 6.11. The van der Waals surface area contributed by atoms with Crippen LogP contribution in [0.4, 0.5) is 5.69 Å². The number of carbonyl (C=O) groups excluding carboxylic acids is 1. The molecule has 1 saturated carbocycles. The van der Waals surface area contributed by atoms with Crippen LogP contribution in [-0.4, -0.2) is 68.0 Å². The maximum absolute atomic E-state index is 13.1. The number of ether oxygens (including phenoxy) is 2. The molecule has 1 aromatic carbocycles. The molecule has 5 atom stereocenters. The number of hydrogen-bond donors (Lipinski definition) is 1. The summed E-state index contributed by atoms with van der Waals surface area (Å²) in [6.07, 6.45) is 4.54. The van der Waals surface area contributed by atoms with E-state index in [4.69, 9.17) is 9.47 Å². The van der Waals surface area contributed by atoms with Gasteiger partial charge >= 0.3 is 5.97 Å². The van der Waals surface area contributed by atoms with Gasteiger partial charge in [-0.15, -0.1) is 0 Å². The van der Waals surface area contributed by atoms with Crippen molar-refractivity contribution in [3.8, 4) is 5.75 Å². The molecule has 0 unspecified atom stereocenters. The quantitative estimate of drug-likeness (QED) is 0.786. The number of fused-ring (bicyclic) bond motifs is 1. The SMILES string of the molecule is CC[C@]12CCCN3CC[C@@]4(c5ccc(OC)cc5N(C)[C@H]4[C@@](O)(C(=O)OC)C1)[C@@H]32. The van der Waals surface area contributed by atoms with Crippen LogP contribution in [0, 0.1) is 5.41 Å². The van der Waals surface area contributed by atoms with E-state index in [9.17, 15) is 9.90 Å². The van der Waals surface area contributed by atoms with E-state index >= 15 is 0 Å². The number of hydrogen-bond acceptors (Lipinski definition) is 6. The van der Waals surface area contributed by atoms with Crippen molar-refractivity contribution >= 4 is 11.7 Å². The van der Waals surface area contributed by atoms with E-state index in [-0.39, 0.29) is 16.9 Å². The average molecular weight is 401 g/mol. The molecular formula is C23H32N2O4. The Balaban J connectivity index is 1.80. The molecule has 29 heavy (non-hydrogen) atoms. The van der Waals surface area contributed by atoms with Crippen LogP contribution in [0.1, 0.15) is 44.6 Å². The molecule has 3 aliphatic heterocycles. The molecule has 0 amide bonds. The maximum atomic E-state index is 13.1. The van der Waals surface area contributed by atoms with Gasteiger partial charge in [-0.3, -0.25) is 4.90 Å². The highest BCUT2D eigenvalue weighted by Crippen LogP contribution is 2.67. The number of piperidine rings is 1. The number of carbonyl (C=O) groups is 1. The fraction of sp³-hybridized carbons (Fsp3) is 0.696. The third kappa shape index (κ3) is 2.12. The van der Waals surface area contributed by atoms with Gasteiger partial charge in [0.1, 0.15) is 5.75 Å². The lowest BCUT2D eigenvalue weighted by atomic mass is 9.48. The minimum absolute atomic E-state index is 0.0867. The van der Waals surface area contributed by atoms with Crippen LogP contribution in [0.25, 0.3) is 0 Å². The third-order valence-corrected chi connectivity index (χ3v) is 8.64. The van der Waals surface area contributed by atoms with Crippen molar-refractivity contribution in [3.63, 3.8) is 0 Å². The number of benzene rings is 1. The summed E-state index contributed by atoms with van der Waals surface area (Å²) >= 11 is 0. The van der Waals surface area contributed by atoms with Crippen LogP contribution in [0.3, 0.4) is 0 Å². The number of nitrogens with zero attached hydrogens (tertiary/aromatic N) is 2. The van der Waals surface area contributed by atoms with E-state index in [1.54, 1.807) is 7.11 Å². The molecule has 2 saturated heterocycles. The van der Waals surface area contributed by atoms with E-state index in [2.05, 4.69) is 28.9 Å². The molecule has 1 spiro atoms. The van der Waals surface area contributed by atoms with Gasteiger partial charge in [0.05, 0.1) is 20.3 Å². The first kappa shape index (κ1) is 19.2. The summed E-state index contributed by atoms with van der Waals surface area (Å²) in [5.41, 5.74) is 0.413. The lowest BCUT2D eigenvalue weighted by molar-refractivity contribution is -0.188. The number of esters is 1. The zero-order valence-electron chi connectivity index (χ0n) is 17.9. The lowest BCUT2D eigenvalue weighted by Crippen LogP contribution is -2.75. The van der Waals surface area contributed by atoms with Crippen molar-refractivity contribution in [3.05, 3.63) is 23.8 Å². The Morgan fingerprint density at radius 3 is 2.72 bits per heavy atom. The number of aliphatic hydroxyl groups is 1. The molecule has 3 fully saturated rings. The molecule has 6 nitrogen and oxygen atoms in total. The second-order valence-corrected chi connectivity index (χ2v) is 9.54. The highest BCUT2D eigenvalue weighted by Gasteiger charge is 2.75. The predicted octanol–water partition coefficient (Wildman–Crippen LogP) is 2.32. The molecule has 0 aromatic heterocycles. The molecule has 6 heteroatoms. The molecule has 5 rings (SSSR count). The Bertz CT molecular complexity index is 859. The first-order valence-corrected chi connectivity index (χ1v) is 10.8. The first-order chi connectivity index (χ1) is 13.9. The molecule has 1 aliphatic carbocycles. The van der Waals surface area contributed by atoms with Gasteiger partial charge in [0.25, 0.3) is 0 Å². The second-order valence-electron chi connectivity index (χ2n) is 9.54. The van der Waals surface area contributed by atoms with Crippen LogP contribution in [0.15, 0.2) is 18.2 Å². The van der Waals surface area contributed by atoms with Gasteiger partial charge in [0.2, 0.25) is 0 Å². The monoisotopic (exact) mass is 400 g/mol. The van der Waals surface area contributed by atoms with E-state index < -0.39 is 11.6 Å². The van der Waals surface area contributed by atoms with E-state index in [1.165, 1.54) is 12.7 Å². The highest BCUT2D eigenvalue weighted by atomic mass is 16.5. The molecule has 1 N–H and O–H groups in total. The average Bonchev–Trinajstić information content (AvgIpc) is 3.25. The number of likely N-dealkylation sites (N-methyl/N-ethyl adjacent to an activating group) is 1. The Hall–Kier alpha value is -1.79. The summed E-state index contributed by atoms with van der Waals surface area (Å²) in [7, 11) is 5.08. The van der Waals surface area contributed by atoms with Crippen LogP contribution in [0.2, 0.25) is 0 Å². The zero-order chi connectivity index (χ0) is 20.6. The summed E-state index contributed by atoms with van der Waals surface area (Å²) in [6, 6.07) is 6.25. The minimum Gasteiger partial charge on any atom is -0.497 e. The third-order valence-electron chi connectivity index (χ3n) is 8.64. The van der Waals surface area contributed by atoms with Crippen molar-refractivity contribution in [1.29, 1.82) is 0 Å². The van der Waals surface area contributed by atoms with Crippen LogP contribution < -0.4 is 9.64 Å². The lowest BCUT2D eigenvalue weighted by Gasteiger charge is -2.62. The normalized spacial score (nSPS) is 40.2. The topological polar surface area (TPSA) is 62.2 Å². The molecule has 3 heterocycles. The van der Waals surface area contributed by atoms with Gasteiger partial charge in [-0.25, -0.2) is 4.79 Å². The van der Waals surface area contributed by atoms with Crippen LogP contribution in [-0.2, 0) is 14.9 Å². The first-order valence-electron chi connectivity index (χ1n) is 10.8. The van der Waals surface area contributed by atoms with Crippen molar-refractivity contribution in [1.82, 2.24) is 4.90 Å². The van der Waals surface area contributed by atoms with E-state index in [0.29, 0.717) is 12.5 Å². The summed E-state index contributed by atoms with van der Waals surface area (Å²) in [5.74, 6) is 0.302. The standard InChI is InChI=1S/C23H32N2O4/c1-5-21-9-6-11-25-12-10-22(18(21)25)16-8-7-15(28-3)13-17(16)24(2)19(22)23(27,14-21)20(26)29-4/h7-8,13,18-19,27H,5-6,9-12,14H2,1-4H3/t18-,19+,21-,22+,23+/m0/s1. The van der Waals surface area contributed by atoms with Crippen molar-refractivity contribution in [2.75, 3.05) is 39.3 Å². The molecule has 158 valence electrons. The Labute approximate surface area is 172 Å². The molecule has 0 bridgehead atoms. The molecule has 4 aliphatic rings. The number of anilines is 1. The summed E-state index contributed by atoms with van der Waals surface area (Å²) in [6.45, 7) is 4.34. The van der Waals surface area contributed by atoms with E-state index in [0.717, 1.165) is 50.2 Å². The number of rotatable bonds is 3. The van der Waals surface area contributed by atoms with Gasteiger partial charge in [-0.2, -0.15) is 0 Å². The smallest absolute Gasteiger partial charge is 0.340 e. The number of methoxy groups -OCH3 is 2. The van der Waals surface area contributed by atoms with Gasteiger partial charge in [-0.05, 0) is 62.2 Å². The zero-order valence-corrected chi connectivity index (χ0v) is 17.9. The largest absolute Gasteiger partial charge is 0.497 e. The van der Waals surface area contributed by atoms with Gasteiger partial charge < -0.3 is 19.5 Å². The Morgan fingerprint density at radius 1 is 1.24 bits per heavy atom. The summed E-state index contributed by atoms with van der Waals surface area (Å²) in [4.78, 5) is 17.9. The van der Waals surface area contributed by atoms with Gasteiger partial charge in [0.15, 0.2) is 5.60 Å². The van der Waals surface area contributed by atoms with Crippen LogP contribution >= 0.6 is 0 Å². The van der Waals surface area contributed by atoms with E-state index in [1.807, 2.05) is 13.1 Å². The Morgan fingerprint density at radius 2 is 2.03 bits per heavy atom.